The lowest BCUT2D eigenvalue weighted by molar-refractivity contribution is -0.164. The third-order valence-electron chi connectivity index (χ3n) is 11.4. The Kier molecular flexibility index (Phi) is 14.5. The summed E-state index contributed by atoms with van der Waals surface area (Å²) < 4.78 is 67.6. The van der Waals surface area contributed by atoms with Crippen molar-refractivity contribution in [2.45, 2.75) is 120 Å². The lowest BCUT2D eigenvalue weighted by Crippen LogP contribution is -2.50. The van der Waals surface area contributed by atoms with E-state index >= 15 is 0 Å². The Hall–Kier alpha value is -2.87. The number of aromatic nitrogens is 6. The van der Waals surface area contributed by atoms with Gasteiger partial charge in [0.25, 0.3) is 0 Å². The van der Waals surface area contributed by atoms with Crippen LogP contribution in [0, 0.1) is 0 Å². The monoisotopic (exact) mass is 940 g/mol. The Bertz CT molecular complexity index is 2190. The number of ether oxygens (including phenoxy) is 3. The van der Waals surface area contributed by atoms with E-state index in [9.17, 15) is 38.5 Å². The van der Waals surface area contributed by atoms with Crippen LogP contribution in [0.25, 0.3) is 11.2 Å². The number of nitrogens with zero attached hydrogens (tertiary/aromatic N) is 6. The normalized spacial score (nSPS) is 26.0. The quantitative estimate of drug-likeness (QED) is 0.0683. The summed E-state index contributed by atoms with van der Waals surface area (Å²) in [5.41, 5.74) is 11.1. The molecule has 0 amide bonds. The summed E-state index contributed by atoms with van der Waals surface area (Å²) in [6.07, 6.45) is -3.40. The van der Waals surface area contributed by atoms with Crippen molar-refractivity contribution in [1.82, 2.24) is 29.1 Å². The zero-order valence-electron chi connectivity index (χ0n) is 35.7. The number of anilines is 2. The predicted molar refractivity (Wildman–Crippen MR) is 226 cm³/mol. The number of nitrogen functional groups attached to an aromatic ring is 2. The molecule has 0 saturated carbocycles. The molecule has 61 heavy (non-hydrogen) atoms. The highest BCUT2D eigenvalue weighted by Gasteiger charge is 2.51. The van der Waals surface area contributed by atoms with Crippen molar-refractivity contribution in [3.63, 3.8) is 0 Å². The Morgan fingerprint density at radius 2 is 1.67 bits per heavy atom. The number of esters is 1. The maximum atomic E-state index is 14.4. The fourth-order valence-electron chi connectivity index (χ4n) is 6.12. The van der Waals surface area contributed by atoms with Crippen LogP contribution < -0.4 is 17.2 Å². The summed E-state index contributed by atoms with van der Waals surface area (Å²) in [4.78, 5) is 72.8. The molecule has 2 aliphatic heterocycles. The first kappa shape index (κ1) is 49.1. The lowest BCUT2D eigenvalue weighted by Gasteiger charge is -2.48. The second kappa shape index (κ2) is 18.0. The molecule has 2 fully saturated rings. The van der Waals surface area contributed by atoms with Gasteiger partial charge >= 0.3 is 27.3 Å². The van der Waals surface area contributed by atoms with Gasteiger partial charge in [-0.15, -0.1) is 0 Å². The first-order valence-electron chi connectivity index (χ1n) is 19.1. The van der Waals surface area contributed by atoms with Gasteiger partial charge in [-0.25, -0.2) is 43.7 Å². The summed E-state index contributed by atoms with van der Waals surface area (Å²) in [5, 5.41) is 11.6. The SMILES string of the molecule is CC(C)(C)[Si](C)(C)OC(CS(C)(C)C(C)(C)C)C(=O)O[C@H]1[C@@H](O)[C@H](n2cnc3c(N)ncnc32)O[C@@H]1COP(=O)(O)O[C@H]1C[C@H](n2ccc(N)nc2=O)O[C@@H]1COP(=O)(O)O. The summed E-state index contributed by atoms with van der Waals surface area (Å²) in [5.74, 6) is -0.493. The number of phosphoric ester groups is 2. The van der Waals surface area contributed by atoms with Crippen molar-refractivity contribution in [3.05, 3.63) is 35.4 Å². The van der Waals surface area contributed by atoms with Crippen LogP contribution in [0.1, 0.15) is 60.4 Å². The zero-order chi connectivity index (χ0) is 45.7. The summed E-state index contributed by atoms with van der Waals surface area (Å²) in [7, 11) is -14.4. The zero-order valence-corrected chi connectivity index (χ0v) is 39.3. The number of carbonyl (C=O) groups excluding carboxylic acids is 1. The van der Waals surface area contributed by atoms with E-state index < -0.39 is 108 Å². The first-order chi connectivity index (χ1) is 27.9. The van der Waals surface area contributed by atoms with Gasteiger partial charge < -0.3 is 49.9 Å². The molecule has 9 atom stereocenters. The van der Waals surface area contributed by atoms with Gasteiger partial charge in [0.1, 0.15) is 48.3 Å². The predicted octanol–water partition coefficient (Wildman–Crippen LogP) is 2.57. The molecular weight excluding hydrogens is 883 g/mol. The third kappa shape index (κ3) is 11.6. The molecule has 0 spiro atoms. The molecule has 8 N–H and O–H groups in total. The molecule has 344 valence electrons. The van der Waals surface area contributed by atoms with Crippen molar-refractivity contribution in [2.24, 2.45) is 0 Å². The lowest BCUT2D eigenvalue weighted by atomic mass is 10.1. The number of aliphatic hydroxyl groups excluding tert-OH is 1. The van der Waals surface area contributed by atoms with E-state index in [0.29, 0.717) is 5.75 Å². The number of fused-ring (bicyclic) bond motifs is 1. The molecule has 3 aromatic heterocycles. The number of phosphoric acid groups is 2. The Balaban J connectivity index is 1.43. The molecule has 5 heterocycles. The minimum absolute atomic E-state index is 0.0483. The molecule has 0 radical (unpaired) electrons. The highest BCUT2D eigenvalue weighted by molar-refractivity contribution is 8.33. The number of hydrogen-bond donors (Lipinski definition) is 6. The van der Waals surface area contributed by atoms with E-state index in [1.54, 1.807) is 0 Å². The maximum absolute atomic E-state index is 14.4. The van der Waals surface area contributed by atoms with Crippen LogP contribution >= 0.6 is 25.7 Å². The molecule has 3 aromatic rings. The van der Waals surface area contributed by atoms with E-state index in [1.165, 1.54) is 29.5 Å². The van der Waals surface area contributed by atoms with Crippen molar-refractivity contribution in [1.29, 1.82) is 0 Å². The van der Waals surface area contributed by atoms with Gasteiger partial charge in [-0.1, -0.05) is 41.5 Å². The second-order valence-corrected chi connectivity index (χ2v) is 29.9. The highest BCUT2D eigenvalue weighted by atomic mass is 32.3. The van der Waals surface area contributed by atoms with Crippen LogP contribution in [0.3, 0.4) is 0 Å². The van der Waals surface area contributed by atoms with Crippen LogP contribution in [0.4, 0.5) is 11.6 Å². The van der Waals surface area contributed by atoms with E-state index in [-0.39, 0.29) is 39.0 Å². The Morgan fingerprint density at radius 3 is 2.28 bits per heavy atom. The van der Waals surface area contributed by atoms with Gasteiger partial charge in [-0.3, -0.25) is 22.7 Å². The second-order valence-electron chi connectivity index (χ2n) is 17.8. The molecule has 0 aliphatic carbocycles. The van der Waals surface area contributed by atoms with E-state index in [4.69, 9.17) is 39.2 Å². The number of imidazole rings is 1. The number of aliphatic hydroxyl groups is 1. The van der Waals surface area contributed by atoms with Crippen molar-refractivity contribution in [2.75, 3.05) is 42.9 Å². The smallest absolute Gasteiger partial charge is 0.455 e. The standard InChI is InChI=1S/C34H58N8O15P2SSi/c1-33(2,3)60(7,8)16-22(57-61(9,10)34(4,5)6)31(44)55-27-21(54-30(26(27)43)42-18-39-25-28(36)37-17-38-29(25)42)15-52-59(49,50)56-19-13-24(41-12-11-23(35)40-32(41)45)53-20(19)14-51-58(46,47)48/h11-12,17-22,24,26-27,30,43H,13-16H2,1-10H3,(H,49,50)(H2,35,40,45)(H2,36,37,38)(H2,46,47,48)/t19-,20+,21+,22?,24+,26+,27+,30+/m0/s1. The molecule has 2 unspecified atom stereocenters. The minimum Gasteiger partial charge on any atom is -0.455 e. The number of nitrogens with two attached hydrogens (primary N) is 2. The van der Waals surface area contributed by atoms with Gasteiger partial charge in [0.05, 0.1) is 19.5 Å². The van der Waals surface area contributed by atoms with Crippen LogP contribution in [-0.4, -0.2) is 136 Å². The summed E-state index contributed by atoms with van der Waals surface area (Å²) in [6.45, 7) is 14.8. The van der Waals surface area contributed by atoms with Crippen molar-refractivity contribution >= 4 is 62.8 Å². The van der Waals surface area contributed by atoms with Crippen LogP contribution in [0.15, 0.2) is 29.7 Å². The van der Waals surface area contributed by atoms with Crippen molar-refractivity contribution < 1.29 is 65.9 Å². The van der Waals surface area contributed by atoms with Gasteiger partial charge in [-0.05, 0) is 41.5 Å². The highest BCUT2D eigenvalue weighted by Crippen LogP contribution is 2.54. The largest absolute Gasteiger partial charge is 0.472 e. The topological polar surface area (TPSA) is 327 Å². The van der Waals surface area contributed by atoms with Gasteiger partial charge in [0.15, 0.2) is 38.2 Å². The van der Waals surface area contributed by atoms with E-state index in [0.717, 1.165) is 4.57 Å². The number of hydrogen-bond acceptors (Lipinski definition) is 18. The fourth-order valence-corrected chi connectivity index (χ4v) is 10.3. The van der Waals surface area contributed by atoms with E-state index in [1.807, 2.05) is 33.9 Å². The molecule has 0 aromatic carbocycles. The van der Waals surface area contributed by atoms with Gasteiger partial charge in [0, 0.05) is 18.4 Å². The maximum Gasteiger partial charge on any atom is 0.472 e. The number of carbonyl (C=O) groups is 1. The number of rotatable bonds is 16. The fraction of sp³-hybridized carbons (Fsp3) is 0.706. The average molecular weight is 941 g/mol. The Morgan fingerprint density at radius 1 is 1.02 bits per heavy atom. The molecule has 5 rings (SSSR count). The summed E-state index contributed by atoms with van der Waals surface area (Å²) in [6, 6.07) is 1.30. The first-order valence-corrected chi connectivity index (χ1v) is 27.7. The van der Waals surface area contributed by atoms with Crippen LogP contribution in [0.5, 0.6) is 0 Å². The van der Waals surface area contributed by atoms with E-state index in [2.05, 4.69) is 57.7 Å². The van der Waals surface area contributed by atoms with Crippen molar-refractivity contribution in [3.8, 4) is 0 Å². The molecule has 23 nitrogen and oxygen atoms in total. The molecule has 27 heteroatoms. The summed E-state index contributed by atoms with van der Waals surface area (Å²) >= 11 is 0. The Labute approximate surface area is 355 Å². The van der Waals surface area contributed by atoms with Gasteiger partial charge in [0.2, 0.25) is 0 Å². The minimum atomic E-state index is -5.18. The van der Waals surface area contributed by atoms with Crippen LogP contribution in [-0.2, 0) is 46.1 Å². The third-order valence-corrected chi connectivity index (χ3v) is 21.8. The molecule has 2 aliphatic rings. The average Bonchev–Trinajstić information content (AvgIpc) is 3.80. The van der Waals surface area contributed by atoms with Gasteiger partial charge in [-0.2, -0.15) is 4.98 Å². The van der Waals surface area contributed by atoms with Crippen LogP contribution in [0.2, 0.25) is 18.1 Å². The molecular formula is C34H58N8O15P2SSi. The molecule has 0 bridgehead atoms. The molecule has 2 saturated heterocycles.